The first kappa shape index (κ1) is 28.5. The molecule has 2 aromatic carbocycles. The zero-order valence-electron chi connectivity index (χ0n) is 20.9. The monoisotopic (exact) mass is 566 g/mol. The van der Waals surface area contributed by atoms with E-state index in [0.29, 0.717) is 18.9 Å². The number of hydrogen-bond donors (Lipinski definition) is 1. The van der Waals surface area contributed by atoms with Crippen LogP contribution in [0.3, 0.4) is 0 Å². The van der Waals surface area contributed by atoms with Gasteiger partial charge in [-0.3, -0.25) is 9.59 Å². The minimum absolute atomic E-state index is 0.0638. The van der Waals surface area contributed by atoms with Crippen molar-refractivity contribution in [1.29, 1.82) is 5.26 Å². The number of likely N-dealkylation sites (tertiary alicyclic amines) is 1. The molecular formula is C26H26F4N4O4S. The summed E-state index contributed by atoms with van der Waals surface area (Å²) in [5, 5.41) is 11.6. The Kier molecular flexibility index (Phi) is 7.99. The Morgan fingerprint density at radius 2 is 1.90 bits per heavy atom. The van der Waals surface area contributed by atoms with Crippen molar-refractivity contribution in [3.05, 3.63) is 65.0 Å². The molecule has 1 N–H and O–H groups in total. The van der Waals surface area contributed by atoms with E-state index in [0.717, 1.165) is 16.4 Å². The quantitative estimate of drug-likeness (QED) is 0.512. The molecule has 2 saturated heterocycles. The van der Waals surface area contributed by atoms with Crippen LogP contribution in [0.1, 0.15) is 53.7 Å². The summed E-state index contributed by atoms with van der Waals surface area (Å²) in [4.78, 5) is 27.7. The van der Waals surface area contributed by atoms with Gasteiger partial charge in [-0.2, -0.15) is 22.7 Å². The van der Waals surface area contributed by atoms with Crippen LogP contribution in [0.15, 0.2) is 47.4 Å². The van der Waals surface area contributed by atoms with Gasteiger partial charge in [0.15, 0.2) is 0 Å². The average Bonchev–Trinajstić information content (AvgIpc) is 3.36. The van der Waals surface area contributed by atoms with Gasteiger partial charge in [-0.15, -0.1) is 0 Å². The Bertz CT molecular complexity index is 1420. The Morgan fingerprint density at radius 3 is 2.51 bits per heavy atom. The van der Waals surface area contributed by atoms with E-state index in [2.05, 4.69) is 5.32 Å². The lowest BCUT2D eigenvalue weighted by Crippen LogP contribution is -2.49. The molecular weight excluding hydrogens is 540 g/mol. The van der Waals surface area contributed by atoms with Crippen LogP contribution in [0.5, 0.6) is 0 Å². The van der Waals surface area contributed by atoms with Gasteiger partial charge in [-0.1, -0.05) is 19.1 Å². The van der Waals surface area contributed by atoms with Crippen LogP contribution in [-0.4, -0.2) is 55.1 Å². The molecule has 2 aromatic rings. The van der Waals surface area contributed by atoms with Crippen molar-refractivity contribution in [1.82, 2.24) is 14.5 Å². The molecule has 0 aromatic heterocycles. The molecule has 0 spiro atoms. The number of hydrogen-bond acceptors (Lipinski definition) is 5. The summed E-state index contributed by atoms with van der Waals surface area (Å²) < 4.78 is 80.2. The number of alkyl halides is 3. The molecule has 2 amide bonds. The minimum atomic E-state index is -4.71. The Hall–Kier alpha value is -3.50. The minimum Gasteiger partial charge on any atom is -0.347 e. The van der Waals surface area contributed by atoms with E-state index in [1.165, 1.54) is 29.2 Å². The molecule has 2 atom stereocenters. The first-order chi connectivity index (χ1) is 18.4. The van der Waals surface area contributed by atoms with Crippen LogP contribution >= 0.6 is 0 Å². The number of halogens is 4. The second-order valence-corrected chi connectivity index (χ2v) is 11.5. The van der Waals surface area contributed by atoms with Crippen molar-refractivity contribution in [3.8, 4) is 6.07 Å². The normalized spacial score (nSPS) is 19.3. The van der Waals surface area contributed by atoms with Crippen molar-refractivity contribution in [2.24, 2.45) is 5.92 Å². The van der Waals surface area contributed by atoms with Gasteiger partial charge in [0.05, 0.1) is 28.5 Å². The maximum Gasteiger partial charge on any atom is 0.416 e. The van der Waals surface area contributed by atoms with Crippen LogP contribution in [-0.2, 0) is 21.0 Å². The third-order valence-corrected chi connectivity index (χ3v) is 8.82. The van der Waals surface area contributed by atoms with Crippen molar-refractivity contribution in [2.75, 3.05) is 19.6 Å². The third kappa shape index (κ3) is 5.77. The summed E-state index contributed by atoms with van der Waals surface area (Å²) >= 11 is 0. The van der Waals surface area contributed by atoms with Crippen molar-refractivity contribution in [3.63, 3.8) is 0 Å². The highest BCUT2D eigenvalue weighted by atomic mass is 32.2. The van der Waals surface area contributed by atoms with Crippen molar-refractivity contribution in [2.45, 2.75) is 49.3 Å². The molecule has 4 rings (SSSR count). The molecule has 0 unspecified atom stereocenters. The summed E-state index contributed by atoms with van der Waals surface area (Å²) in [6, 6.07) is 7.75. The fraction of sp³-hybridized carbons (Fsp3) is 0.423. The lowest BCUT2D eigenvalue weighted by Gasteiger charge is -2.34. The maximum atomic E-state index is 14.5. The Morgan fingerprint density at radius 1 is 1.18 bits per heavy atom. The smallest absolute Gasteiger partial charge is 0.347 e. The zero-order valence-corrected chi connectivity index (χ0v) is 21.7. The number of rotatable bonds is 7. The lowest BCUT2D eigenvalue weighted by molar-refractivity contribution is -0.137. The van der Waals surface area contributed by atoms with Crippen LogP contribution in [0.2, 0.25) is 0 Å². The number of benzene rings is 2. The van der Waals surface area contributed by atoms with Gasteiger partial charge in [0, 0.05) is 30.8 Å². The van der Waals surface area contributed by atoms with Gasteiger partial charge in [0.1, 0.15) is 11.9 Å². The van der Waals surface area contributed by atoms with Gasteiger partial charge >= 0.3 is 6.18 Å². The second kappa shape index (κ2) is 10.9. The number of carbonyl (C=O) groups excluding carboxylic acids is 2. The van der Waals surface area contributed by atoms with E-state index in [4.69, 9.17) is 5.26 Å². The maximum absolute atomic E-state index is 14.5. The number of amides is 2. The molecule has 2 aliphatic rings. The van der Waals surface area contributed by atoms with Crippen LogP contribution in [0.25, 0.3) is 0 Å². The molecule has 39 heavy (non-hydrogen) atoms. The molecule has 13 heteroatoms. The first-order valence-corrected chi connectivity index (χ1v) is 13.8. The number of nitriles is 1. The molecule has 2 aliphatic heterocycles. The first-order valence-electron chi connectivity index (χ1n) is 12.3. The lowest BCUT2D eigenvalue weighted by atomic mass is 10.0. The standard InChI is InChI=1S/C26H26F4N4O4S/c1-2-22(20-9-8-18(12-21(20)27)26(28,29)30)32-24(35)23-7-4-10-34(23)25(36)17-5-3-6-19(11-17)39(37,38)33-14-16(13-31)15-33/h3,5-6,8-9,11-12,16,22-23H,2,4,7,10,14-15H2,1H3,(H,32,35)/t22-,23-/m1/s1. The van der Waals surface area contributed by atoms with Gasteiger partial charge in [0.2, 0.25) is 15.9 Å². The molecule has 0 aliphatic carbocycles. The highest BCUT2D eigenvalue weighted by Crippen LogP contribution is 2.32. The van der Waals surface area contributed by atoms with E-state index >= 15 is 0 Å². The van der Waals surface area contributed by atoms with E-state index in [1.807, 2.05) is 6.07 Å². The van der Waals surface area contributed by atoms with E-state index < -0.39 is 51.5 Å². The molecule has 0 radical (unpaired) electrons. The van der Waals surface area contributed by atoms with Gasteiger partial charge in [-0.25, -0.2) is 12.8 Å². The van der Waals surface area contributed by atoms with Crippen molar-refractivity contribution < 1.29 is 35.6 Å². The zero-order chi connectivity index (χ0) is 28.5. The number of nitrogens with zero attached hydrogens (tertiary/aromatic N) is 3. The summed E-state index contributed by atoms with van der Waals surface area (Å²) in [7, 11) is -3.89. The Labute approximate surface area is 223 Å². The van der Waals surface area contributed by atoms with Gasteiger partial charge in [0.25, 0.3) is 5.91 Å². The second-order valence-electron chi connectivity index (χ2n) is 9.54. The predicted molar refractivity (Wildman–Crippen MR) is 131 cm³/mol. The van der Waals surface area contributed by atoms with Crippen molar-refractivity contribution >= 4 is 21.8 Å². The molecule has 208 valence electrons. The van der Waals surface area contributed by atoms with Crippen LogP contribution in [0, 0.1) is 23.1 Å². The van der Waals surface area contributed by atoms with E-state index in [1.54, 1.807) is 6.92 Å². The number of sulfonamides is 1. The largest absolute Gasteiger partial charge is 0.416 e. The van der Waals surface area contributed by atoms with E-state index in [9.17, 15) is 35.6 Å². The fourth-order valence-corrected chi connectivity index (χ4v) is 6.33. The summed E-state index contributed by atoms with van der Waals surface area (Å²) in [6.07, 6.45) is -3.71. The summed E-state index contributed by atoms with van der Waals surface area (Å²) in [5.74, 6) is -2.62. The predicted octanol–water partition coefficient (Wildman–Crippen LogP) is 3.86. The van der Waals surface area contributed by atoms with Gasteiger partial charge < -0.3 is 10.2 Å². The Balaban J connectivity index is 1.49. The molecule has 2 heterocycles. The highest BCUT2D eigenvalue weighted by molar-refractivity contribution is 7.89. The van der Waals surface area contributed by atoms with E-state index in [-0.39, 0.29) is 48.0 Å². The fourth-order valence-electron chi connectivity index (χ4n) is 4.76. The van der Waals surface area contributed by atoms with Crippen LogP contribution < -0.4 is 5.32 Å². The van der Waals surface area contributed by atoms with Crippen LogP contribution in [0.4, 0.5) is 17.6 Å². The molecule has 2 fully saturated rings. The molecule has 0 bridgehead atoms. The summed E-state index contributed by atoms with van der Waals surface area (Å²) in [5.41, 5.74) is -1.17. The molecule has 8 nitrogen and oxygen atoms in total. The SMILES string of the molecule is CC[C@@H](NC(=O)[C@H]1CCCN1C(=O)c1cccc(S(=O)(=O)N2CC(C#N)C2)c1)c1ccc(C(F)(F)F)cc1F. The van der Waals surface area contributed by atoms with Gasteiger partial charge in [-0.05, 0) is 49.6 Å². The average molecular weight is 567 g/mol. The highest BCUT2D eigenvalue weighted by Gasteiger charge is 2.39. The third-order valence-electron chi connectivity index (χ3n) is 6.99. The summed E-state index contributed by atoms with van der Waals surface area (Å²) in [6.45, 7) is 2.02. The topological polar surface area (TPSA) is 111 Å². The molecule has 0 saturated carbocycles. The number of carbonyl (C=O) groups is 2. The number of nitrogens with one attached hydrogen (secondary N) is 1.